The fourth-order valence-electron chi connectivity index (χ4n) is 1.55. The summed E-state index contributed by atoms with van der Waals surface area (Å²) in [6.45, 7) is 1.94. The van der Waals surface area contributed by atoms with Crippen LogP contribution in [0, 0.1) is 6.92 Å². The molecule has 0 unspecified atom stereocenters. The summed E-state index contributed by atoms with van der Waals surface area (Å²) in [5.74, 6) is 0.702. The van der Waals surface area contributed by atoms with Gasteiger partial charge in [0, 0.05) is 5.69 Å². The summed E-state index contributed by atoms with van der Waals surface area (Å²) in [5.41, 5.74) is 8.97. The van der Waals surface area contributed by atoms with E-state index in [1.807, 2.05) is 49.4 Å². The van der Waals surface area contributed by atoms with E-state index in [1.54, 1.807) is 7.11 Å². The molecule has 0 aliphatic carbocycles. The summed E-state index contributed by atoms with van der Waals surface area (Å²) in [6.07, 6.45) is 0. The zero-order valence-corrected chi connectivity index (χ0v) is 10.4. The van der Waals surface area contributed by atoms with Crippen molar-refractivity contribution >= 4 is 17.1 Å². The smallest absolute Gasteiger partial charge is 0.146 e. The second-order valence-corrected chi connectivity index (χ2v) is 3.91. The number of hydrogen-bond donors (Lipinski definition) is 1. The first-order chi connectivity index (χ1) is 8.70. The van der Waals surface area contributed by atoms with Gasteiger partial charge in [-0.1, -0.05) is 12.1 Å². The van der Waals surface area contributed by atoms with Crippen molar-refractivity contribution in [3.05, 3.63) is 48.0 Å². The Labute approximate surface area is 106 Å². The van der Waals surface area contributed by atoms with Gasteiger partial charge in [0.15, 0.2) is 0 Å². The summed E-state index contributed by atoms with van der Waals surface area (Å²) in [6, 6.07) is 13.0. The Bertz CT molecular complexity index is 579. The topological polar surface area (TPSA) is 60.0 Å². The van der Waals surface area contributed by atoms with Gasteiger partial charge in [0.2, 0.25) is 0 Å². The third-order valence-corrected chi connectivity index (χ3v) is 2.61. The summed E-state index contributed by atoms with van der Waals surface area (Å²) in [4.78, 5) is 0. The van der Waals surface area contributed by atoms with Crippen LogP contribution in [0.4, 0.5) is 17.1 Å². The molecule has 2 N–H and O–H groups in total. The van der Waals surface area contributed by atoms with Gasteiger partial charge in [-0.15, -0.1) is 5.11 Å². The molecule has 92 valence electrons. The van der Waals surface area contributed by atoms with Crippen LogP contribution in [0.1, 0.15) is 5.56 Å². The van der Waals surface area contributed by atoms with Crippen molar-refractivity contribution in [1.82, 2.24) is 0 Å². The highest BCUT2D eigenvalue weighted by molar-refractivity contribution is 5.55. The standard InChI is InChI=1S/C14H15N3O/c1-10-9-11(7-8-12(10)15)16-17-13-5-3-4-6-14(13)18-2/h3-9H,15H2,1-2H3. The SMILES string of the molecule is COc1ccccc1N=Nc1ccc(N)c(C)c1. The van der Waals surface area contributed by atoms with Crippen LogP contribution in [0.15, 0.2) is 52.7 Å². The number of benzene rings is 2. The van der Waals surface area contributed by atoms with Gasteiger partial charge in [0.05, 0.1) is 12.8 Å². The van der Waals surface area contributed by atoms with E-state index in [0.717, 1.165) is 16.9 Å². The molecule has 0 fully saturated rings. The van der Waals surface area contributed by atoms with E-state index in [1.165, 1.54) is 0 Å². The lowest BCUT2D eigenvalue weighted by Crippen LogP contribution is -1.87. The summed E-state index contributed by atoms with van der Waals surface area (Å²) in [5, 5.41) is 8.35. The maximum absolute atomic E-state index is 5.75. The first kappa shape index (κ1) is 12.1. The van der Waals surface area contributed by atoms with Crippen LogP contribution < -0.4 is 10.5 Å². The molecule has 0 saturated heterocycles. The van der Waals surface area contributed by atoms with Crippen molar-refractivity contribution in [1.29, 1.82) is 0 Å². The van der Waals surface area contributed by atoms with Crippen molar-refractivity contribution in [3.63, 3.8) is 0 Å². The Balaban J connectivity index is 2.27. The molecule has 0 spiro atoms. The summed E-state index contributed by atoms with van der Waals surface area (Å²) >= 11 is 0. The van der Waals surface area contributed by atoms with Crippen LogP contribution in [0.25, 0.3) is 0 Å². The third kappa shape index (κ3) is 2.66. The van der Waals surface area contributed by atoms with E-state index in [2.05, 4.69) is 10.2 Å². The van der Waals surface area contributed by atoms with E-state index >= 15 is 0 Å². The number of aryl methyl sites for hydroxylation is 1. The molecule has 0 radical (unpaired) electrons. The largest absolute Gasteiger partial charge is 0.494 e. The van der Waals surface area contributed by atoms with E-state index < -0.39 is 0 Å². The second kappa shape index (κ2) is 5.31. The van der Waals surface area contributed by atoms with E-state index in [4.69, 9.17) is 10.5 Å². The minimum atomic E-state index is 0.702. The lowest BCUT2D eigenvalue weighted by atomic mass is 10.2. The van der Waals surface area contributed by atoms with Crippen LogP contribution in [0.3, 0.4) is 0 Å². The lowest BCUT2D eigenvalue weighted by Gasteiger charge is -2.02. The molecule has 4 heteroatoms. The van der Waals surface area contributed by atoms with Crippen LogP contribution in [-0.2, 0) is 0 Å². The molecule has 4 nitrogen and oxygen atoms in total. The van der Waals surface area contributed by atoms with Gasteiger partial charge in [-0.25, -0.2) is 0 Å². The Morgan fingerprint density at radius 3 is 2.56 bits per heavy atom. The predicted molar refractivity (Wildman–Crippen MR) is 72.8 cm³/mol. The van der Waals surface area contributed by atoms with E-state index in [9.17, 15) is 0 Å². The predicted octanol–water partition coefficient (Wildman–Crippen LogP) is 4.00. The first-order valence-electron chi connectivity index (χ1n) is 5.61. The molecule has 0 aliphatic rings. The number of nitrogens with two attached hydrogens (primary N) is 1. The number of nitrogens with zero attached hydrogens (tertiary/aromatic N) is 2. The van der Waals surface area contributed by atoms with Crippen LogP contribution in [0.2, 0.25) is 0 Å². The van der Waals surface area contributed by atoms with Crippen LogP contribution >= 0.6 is 0 Å². The van der Waals surface area contributed by atoms with E-state index in [-0.39, 0.29) is 0 Å². The summed E-state index contributed by atoms with van der Waals surface area (Å²) < 4.78 is 5.20. The monoisotopic (exact) mass is 241 g/mol. The number of nitrogen functional groups attached to an aromatic ring is 1. The average molecular weight is 241 g/mol. The van der Waals surface area contributed by atoms with Gasteiger partial charge in [-0.3, -0.25) is 0 Å². The van der Waals surface area contributed by atoms with E-state index in [0.29, 0.717) is 11.4 Å². The molecule has 0 bridgehead atoms. The number of hydrogen-bond acceptors (Lipinski definition) is 4. The molecular formula is C14H15N3O. The highest BCUT2D eigenvalue weighted by Crippen LogP contribution is 2.28. The molecule has 2 aromatic rings. The molecular weight excluding hydrogens is 226 g/mol. The zero-order valence-electron chi connectivity index (χ0n) is 10.4. The number of azo groups is 1. The molecule has 0 aliphatic heterocycles. The van der Waals surface area contributed by atoms with Crippen molar-refractivity contribution < 1.29 is 4.74 Å². The van der Waals surface area contributed by atoms with Crippen molar-refractivity contribution in [3.8, 4) is 5.75 Å². The fourth-order valence-corrected chi connectivity index (χ4v) is 1.55. The number of rotatable bonds is 3. The minimum absolute atomic E-state index is 0.702. The van der Waals surface area contributed by atoms with Gasteiger partial charge in [-0.05, 0) is 42.8 Å². The van der Waals surface area contributed by atoms with Crippen molar-refractivity contribution in [2.45, 2.75) is 6.92 Å². The number of methoxy groups -OCH3 is 1. The Morgan fingerprint density at radius 1 is 1.06 bits per heavy atom. The zero-order chi connectivity index (χ0) is 13.0. The normalized spacial score (nSPS) is 10.8. The van der Waals surface area contributed by atoms with Gasteiger partial charge in [0.1, 0.15) is 11.4 Å². The first-order valence-corrected chi connectivity index (χ1v) is 5.61. The van der Waals surface area contributed by atoms with Crippen molar-refractivity contribution in [2.24, 2.45) is 10.2 Å². The third-order valence-electron chi connectivity index (χ3n) is 2.61. The molecule has 0 atom stereocenters. The Kier molecular flexibility index (Phi) is 3.57. The molecule has 0 saturated carbocycles. The maximum Gasteiger partial charge on any atom is 0.146 e. The number of para-hydroxylation sites is 1. The number of anilines is 1. The average Bonchev–Trinajstić information content (AvgIpc) is 2.40. The fraction of sp³-hybridized carbons (Fsp3) is 0.143. The molecule has 2 aromatic carbocycles. The summed E-state index contributed by atoms with van der Waals surface area (Å²) in [7, 11) is 1.61. The quantitative estimate of drug-likeness (QED) is 0.652. The second-order valence-electron chi connectivity index (χ2n) is 3.91. The molecule has 18 heavy (non-hydrogen) atoms. The Hall–Kier alpha value is -2.36. The van der Waals surface area contributed by atoms with Crippen LogP contribution in [-0.4, -0.2) is 7.11 Å². The maximum atomic E-state index is 5.75. The lowest BCUT2D eigenvalue weighted by molar-refractivity contribution is 0.416. The number of ether oxygens (including phenoxy) is 1. The minimum Gasteiger partial charge on any atom is -0.494 e. The molecule has 2 rings (SSSR count). The van der Waals surface area contributed by atoms with Gasteiger partial charge in [0.25, 0.3) is 0 Å². The molecule has 0 amide bonds. The van der Waals surface area contributed by atoms with Gasteiger partial charge < -0.3 is 10.5 Å². The van der Waals surface area contributed by atoms with Crippen LogP contribution in [0.5, 0.6) is 5.75 Å². The van der Waals surface area contributed by atoms with Gasteiger partial charge in [-0.2, -0.15) is 5.11 Å². The Morgan fingerprint density at radius 2 is 1.83 bits per heavy atom. The highest BCUT2D eigenvalue weighted by atomic mass is 16.5. The highest BCUT2D eigenvalue weighted by Gasteiger charge is 2.00. The van der Waals surface area contributed by atoms with Crippen molar-refractivity contribution in [2.75, 3.05) is 12.8 Å². The molecule has 0 heterocycles. The molecule has 0 aromatic heterocycles. The van der Waals surface area contributed by atoms with Gasteiger partial charge >= 0.3 is 0 Å².